The van der Waals surface area contributed by atoms with Crippen molar-refractivity contribution in [2.24, 2.45) is 9.98 Å². The molecule has 0 saturated heterocycles. The highest BCUT2D eigenvalue weighted by atomic mass is 32.2. The van der Waals surface area contributed by atoms with E-state index in [9.17, 15) is 14.9 Å². The topological polar surface area (TPSA) is 72.0 Å². The Labute approximate surface area is 157 Å². The molecule has 2 aliphatic rings. The van der Waals surface area contributed by atoms with Gasteiger partial charge in [-0.05, 0) is 36.4 Å². The van der Waals surface area contributed by atoms with Crippen molar-refractivity contribution in [2.75, 3.05) is 0 Å². The summed E-state index contributed by atoms with van der Waals surface area (Å²) >= 11 is 2.80. The molecule has 1 atom stereocenters. The third-order valence-electron chi connectivity index (χ3n) is 3.73. The quantitative estimate of drug-likeness (QED) is 0.860. The number of halogens is 1. The SMILES string of the molecule is N#Cc1cc(C2=NC3=CN=CN(O)C3S2)ccc1Sc1ccc(F)cc1. The molecule has 8 heteroatoms. The monoisotopic (exact) mass is 382 g/mol. The zero-order valence-electron chi connectivity index (χ0n) is 13.2. The van der Waals surface area contributed by atoms with Crippen LogP contribution in [0.2, 0.25) is 0 Å². The van der Waals surface area contributed by atoms with E-state index in [0.717, 1.165) is 25.5 Å². The van der Waals surface area contributed by atoms with Gasteiger partial charge in [0.25, 0.3) is 0 Å². The van der Waals surface area contributed by atoms with Crippen molar-refractivity contribution in [1.82, 2.24) is 5.06 Å². The number of nitrogens with zero attached hydrogens (tertiary/aromatic N) is 4. The van der Waals surface area contributed by atoms with E-state index in [2.05, 4.69) is 16.1 Å². The van der Waals surface area contributed by atoms with Gasteiger partial charge in [-0.3, -0.25) is 5.21 Å². The highest BCUT2D eigenvalue weighted by molar-refractivity contribution is 8.15. The predicted octanol–water partition coefficient (Wildman–Crippen LogP) is 4.24. The van der Waals surface area contributed by atoms with Crippen LogP contribution < -0.4 is 0 Å². The van der Waals surface area contributed by atoms with Gasteiger partial charge in [-0.25, -0.2) is 19.4 Å². The van der Waals surface area contributed by atoms with Crippen molar-refractivity contribution < 1.29 is 9.60 Å². The lowest BCUT2D eigenvalue weighted by atomic mass is 10.1. The molecule has 128 valence electrons. The fraction of sp³-hybridized carbons (Fsp3) is 0.0556. The van der Waals surface area contributed by atoms with Crippen LogP contribution in [-0.2, 0) is 0 Å². The first-order valence-corrected chi connectivity index (χ1v) is 9.27. The smallest absolute Gasteiger partial charge is 0.152 e. The largest absolute Gasteiger partial charge is 0.286 e. The molecule has 0 saturated carbocycles. The maximum atomic E-state index is 13.0. The number of rotatable bonds is 3. The minimum atomic E-state index is -0.318. The van der Waals surface area contributed by atoms with Crippen LogP contribution in [0, 0.1) is 17.1 Å². The van der Waals surface area contributed by atoms with Gasteiger partial charge in [-0.1, -0.05) is 29.6 Å². The third-order valence-corrected chi connectivity index (χ3v) is 6.04. The Morgan fingerprint density at radius 2 is 2.04 bits per heavy atom. The second-order valence-electron chi connectivity index (χ2n) is 5.46. The molecule has 0 aromatic heterocycles. The van der Waals surface area contributed by atoms with E-state index in [1.54, 1.807) is 24.4 Å². The molecule has 5 nitrogen and oxygen atoms in total. The second-order valence-corrected chi connectivity index (χ2v) is 7.65. The molecule has 26 heavy (non-hydrogen) atoms. The van der Waals surface area contributed by atoms with E-state index in [4.69, 9.17) is 0 Å². The Balaban J connectivity index is 1.61. The molecule has 4 rings (SSSR count). The summed E-state index contributed by atoms with van der Waals surface area (Å²) in [5.74, 6) is -0.292. The summed E-state index contributed by atoms with van der Waals surface area (Å²) in [4.78, 5) is 10.1. The van der Waals surface area contributed by atoms with Gasteiger partial charge >= 0.3 is 0 Å². The van der Waals surface area contributed by atoms with Crippen molar-refractivity contribution in [2.45, 2.75) is 15.2 Å². The number of fused-ring (bicyclic) bond motifs is 1. The maximum Gasteiger partial charge on any atom is 0.152 e. The van der Waals surface area contributed by atoms with Gasteiger partial charge in [-0.2, -0.15) is 5.26 Å². The van der Waals surface area contributed by atoms with E-state index in [1.165, 1.54) is 42.0 Å². The highest BCUT2D eigenvalue weighted by Crippen LogP contribution is 2.37. The van der Waals surface area contributed by atoms with Crippen LogP contribution in [-0.4, -0.2) is 27.0 Å². The summed E-state index contributed by atoms with van der Waals surface area (Å²) in [5, 5.41) is 20.8. The first-order valence-electron chi connectivity index (χ1n) is 7.58. The molecule has 0 fully saturated rings. The van der Waals surface area contributed by atoms with Gasteiger partial charge in [0.1, 0.15) is 23.3 Å². The van der Waals surface area contributed by atoms with E-state index in [0.29, 0.717) is 11.3 Å². The third kappa shape index (κ3) is 3.24. The molecule has 0 bridgehead atoms. The molecule has 1 N–H and O–H groups in total. The molecule has 1 unspecified atom stereocenters. The average Bonchev–Trinajstić information content (AvgIpc) is 3.09. The van der Waals surface area contributed by atoms with Crippen LogP contribution in [0.25, 0.3) is 0 Å². The molecule has 0 aliphatic carbocycles. The zero-order chi connectivity index (χ0) is 18.1. The van der Waals surface area contributed by atoms with Gasteiger partial charge < -0.3 is 0 Å². The predicted molar refractivity (Wildman–Crippen MR) is 99.8 cm³/mol. The van der Waals surface area contributed by atoms with E-state index < -0.39 is 0 Å². The molecule has 2 aromatic carbocycles. The molecule has 0 spiro atoms. The molecule has 0 amide bonds. The summed E-state index contributed by atoms with van der Waals surface area (Å²) < 4.78 is 13.0. The Morgan fingerprint density at radius 3 is 2.77 bits per heavy atom. The molecule has 2 aliphatic heterocycles. The normalized spacial score (nSPS) is 18.2. The average molecular weight is 382 g/mol. The number of nitriles is 1. The van der Waals surface area contributed by atoms with Crippen molar-refractivity contribution in [3.05, 3.63) is 71.3 Å². The zero-order valence-corrected chi connectivity index (χ0v) is 14.8. The van der Waals surface area contributed by atoms with Crippen LogP contribution in [0.4, 0.5) is 4.39 Å². The first-order chi connectivity index (χ1) is 12.6. The highest BCUT2D eigenvalue weighted by Gasteiger charge is 2.31. The number of thioether (sulfide) groups is 1. The van der Waals surface area contributed by atoms with Crippen LogP contribution in [0.15, 0.2) is 74.1 Å². The van der Waals surface area contributed by atoms with Crippen molar-refractivity contribution in [3.8, 4) is 6.07 Å². The minimum Gasteiger partial charge on any atom is -0.286 e. The Kier molecular flexibility index (Phi) is 4.51. The molecular weight excluding hydrogens is 371 g/mol. The van der Waals surface area contributed by atoms with Crippen molar-refractivity contribution >= 4 is 34.9 Å². The number of hydrogen-bond acceptors (Lipinski definition) is 7. The van der Waals surface area contributed by atoms with E-state index >= 15 is 0 Å². The van der Waals surface area contributed by atoms with E-state index in [-0.39, 0.29) is 11.2 Å². The van der Waals surface area contributed by atoms with E-state index in [1.807, 2.05) is 12.1 Å². The molecule has 2 heterocycles. The number of aliphatic imine (C=N–C) groups is 2. The molecule has 2 aromatic rings. The standard InChI is InChI=1S/C18H11FN4OS2/c19-13-2-4-14(5-3-13)25-16-6-1-11(7-12(16)8-20)17-22-15-9-21-10-23(24)18(15)26-17/h1-7,9-10,18,24H. The van der Waals surface area contributed by atoms with Crippen molar-refractivity contribution in [1.29, 1.82) is 5.26 Å². The first kappa shape index (κ1) is 16.8. The number of hydroxylamine groups is 2. The lowest BCUT2D eigenvalue weighted by Gasteiger charge is -2.20. The number of hydrogen-bond donors (Lipinski definition) is 1. The molecular formula is C18H11FN4OS2. The minimum absolute atomic E-state index is 0.292. The van der Waals surface area contributed by atoms with Crippen LogP contribution in [0.3, 0.4) is 0 Å². The summed E-state index contributed by atoms with van der Waals surface area (Å²) in [5.41, 5.74) is 1.98. The summed E-state index contributed by atoms with van der Waals surface area (Å²) in [6.45, 7) is 0. The van der Waals surface area contributed by atoms with Gasteiger partial charge in [0, 0.05) is 15.4 Å². The van der Waals surface area contributed by atoms with Crippen LogP contribution in [0.5, 0.6) is 0 Å². The van der Waals surface area contributed by atoms with Gasteiger partial charge in [0.05, 0.1) is 17.5 Å². The van der Waals surface area contributed by atoms with Gasteiger partial charge in [0.2, 0.25) is 0 Å². The summed E-state index contributed by atoms with van der Waals surface area (Å²) in [6.07, 6.45) is 2.95. The van der Waals surface area contributed by atoms with Gasteiger partial charge in [-0.15, -0.1) is 0 Å². The molecule has 0 radical (unpaired) electrons. The fourth-order valence-electron chi connectivity index (χ4n) is 2.49. The lowest BCUT2D eigenvalue weighted by Crippen LogP contribution is -2.30. The maximum absolute atomic E-state index is 13.0. The Bertz CT molecular complexity index is 995. The van der Waals surface area contributed by atoms with Crippen molar-refractivity contribution in [3.63, 3.8) is 0 Å². The number of benzene rings is 2. The Morgan fingerprint density at radius 1 is 1.23 bits per heavy atom. The lowest BCUT2D eigenvalue weighted by molar-refractivity contribution is -0.0108. The van der Waals surface area contributed by atoms with Gasteiger partial charge in [0.15, 0.2) is 5.37 Å². The second kappa shape index (κ2) is 6.96. The summed E-state index contributed by atoms with van der Waals surface area (Å²) in [6, 6.07) is 13.9. The van der Waals surface area contributed by atoms with Crippen LogP contribution in [0.1, 0.15) is 11.1 Å². The Hall–Kier alpha value is -2.60. The fourth-order valence-corrected chi connectivity index (χ4v) is 4.39. The van der Waals surface area contributed by atoms with Crippen LogP contribution >= 0.6 is 23.5 Å². The summed E-state index contributed by atoms with van der Waals surface area (Å²) in [7, 11) is 0.